The molecular formula is C16H21N3O2S. The van der Waals surface area contributed by atoms with E-state index in [2.05, 4.69) is 9.88 Å². The maximum Gasteiger partial charge on any atom is 0.258 e. The highest BCUT2D eigenvalue weighted by molar-refractivity contribution is 7.16. The van der Waals surface area contributed by atoms with Crippen LogP contribution in [0.1, 0.15) is 29.8 Å². The van der Waals surface area contributed by atoms with Crippen LogP contribution in [0.4, 0.5) is 0 Å². The van der Waals surface area contributed by atoms with Gasteiger partial charge in [-0.1, -0.05) is 0 Å². The minimum atomic E-state index is 0.0280. The fourth-order valence-electron chi connectivity index (χ4n) is 3.78. The zero-order valence-corrected chi connectivity index (χ0v) is 13.7. The number of ether oxygens (including phenoxy) is 1. The largest absolute Gasteiger partial charge is 0.381 e. The quantitative estimate of drug-likeness (QED) is 0.850. The molecular weight excluding hydrogens is 298 g/mol. The molecule has 6 heteroatoms. The minimum absolute atomic E-state index is 0.0280. The van der Waals surface area contributed by atoms with Crippen molar-refractivity contribution in [3.8, 4) is 0 Å². The first kappa shape index (κ1) is 14.4. The Hall–Kier alpha value is -1.24. The fourth-order valence-corrected chi connectivity index (χ4v) is 4.63. The van der Waals surface area contributed by atoms with Crippen LogP contribution in [-0.4, -0.2) is 40.6 Å². The number of fused-ring (bicyclic) bond motifs is 1. The van der Waals surface area contributed by atoms with Crippen molar-refractivity contribution >= 4 is 16.3 Å². The first-order chi connectivity index (χ1) is 10.6. The summed E-state index contributed by atoms with van der Waals surface area (Å²) in [7, 11) is 0. The second kappa shape index (κ2) is 5.44. The Labute approximate surface area is 133 Å². The number of likely N-dealkylation sites (tertiary alicyclic amines) is 1. The third-order valence-corrected chi connectivity index (χ3v) is 5.75. The molecule has 0 aliphatic carbocycles. The minimum Gasteiger partial charge on any atom is -0.381 e. The van der Waals surface area contributed by atoms with Gasteiger partial charge in [0.15, 0.2) is 4.96 Å². The molecule has 118 valence electrons. The van der Waals surface area contributed by atoms with Crippen molar-refractivity contribution in [3.63, 3.8) is 0 Å². The molecule has 2 aromatic rings. The first-order valence-electron chi connectivity index (χ1n) is 7.92. The zero-order valence-electron chi connectivity index (χ0n) is 12.9. The van der Waals surface area contributed by atoms with E-state index < -0.39 is 0 Å². The molecule has 0 aromatic carbocycles. The Morgan fingerprint density at radius 3 is 3.18 bits per heavy atom. The molecule has 2 fully saturated rings. The van der Waals surface area contributed by atoms with Crippen molar-refractivity contribution in [2.45, 2.75) is 32.7 Å². The summed E-state index contributed by atoms with van der Waals surface area (Å²) in [6.07, 6.45) is 5.51. The summed E-state index contributed by atoms with van der Waals surface area (Å²) in [5, 5.41) is 0. The maximum atomic E-state index is 12.2. The van der Waals surface area contributed by atoms with E-state index in [1.165, 1.54) is 19.3 Å². The van der Waals surface area contributed by atoms with Crippen molar-refractivity contribution < 1.29 is 4.74 Å². The van der Waals surface area contributed by atoms with E-state index in [1.54, 1.807) is 21.8 Å². The maximum absolute atomic E-state index is 12.2. The second-order valence-electron chi connectivity index (χ2n) is 6.70. The highest BCUT2D eigenvalue weighted by atomic mass is 32.1. The molecule has 0 unspecified atom stereocenters. The number of thiazole rings is 1. The number of hydrogen-bond acceptors (Lipinski definition) is 5. The Morgan fingerprint density at radius 2 is 2.36 bits per heavy atom. The topological polar surface area (TPSA) is 46.8 Å². The van der Waals surface area contributed by atoms with Crippen molar-refractivity contribution in [2.75, 3.05) is 26.3 Å². The second-order valence-corrected chi connectivity index (χ2v) is 7.91. The van der Waals surface area contributed by atoms with Crippen molar-refractivity contribution in [1.82, 2.24) is 14.3 Å². The van der Waals surface area contributed by atoms with Crippen LogP contribution in [0.2, 0.25) is 0 Å². The monoisotopic (exact) mass is 319 g/mol. The molecule has 2 aliphatic rings. The van der Waals surface area contributed by atoms with E-state index in [-0.39, 0.29) is 5.56 Å². The molecule has 2 aromatic heterocycles. The standard InChI is InChI=1S/C16H21N3O2S/c1-12-8-19-14(20)7-13(17-15(19)22-12)9-18-5-2-3-16(10-18)4-6-21-11-16/h7-8H,2-6,9-11H2,1H3/t16-/m0/s1. The molecule has 22 heavy (non-hydrogen) atoms. The normalized spacial score (nSPS) is 26.2. The van der Waals surface area contributed by atoms with Crippen LogP contribution in [0.5, 0.6) is 0 Å². The number of aromatic nitrogens is 2. The molecule has 0 radical (unpaired) electrons. The summed E-state index contributed by atoms with van der Waals surface area (Å²) in [5.41, 5.74) is 1.26. The van der Waals surface area contributed by atoms with Gasteiger partial charge >= 0.3 is 0 Å². The number of piperidine rings is 1. The molecule has 4 heterocycles. The molecule has 0 amide bonds. The Balaban J connectivity index is 1.56. The van der Waals surface area contributed by atoms with Gasteiger partial charge in [-0.25, -0.2) is 4.98 Å². The van der Waals surface area contributed by atoms with Crippen LogP contribution in [0.25, 0.3) is 4.96 Å². The molecule has 2 aliphatic heterocycles. The number of aryl methyl sites for hydroxylation is 1. The lowest BCUT2D eigenvalue weighted by molar-refractivity contribution is 0.0638. The van der Waals surface area contributed by atoms with Gasteiger partial charge in [-0.3, -0.25) is 14.1 Å². The molecule has 2 saturated heterocycles. The molecule has 1 spiro atoms. The number of hydrogen-bond donors (Lipinski definition) is 0. The van der Waals surface area contributed by atoms with Gasteiger partial charge in [-0.2, -0.15) is 0 Å². The summed E-state index contributed by atoms with van der Waals surface area (Å²) in [4.78, 5) is 21.2. The van der Waals surface area contributed by atoms with E-state index in [1.807, 2.05) is 13.1 Å². The predicted molar refractivity (Wildman–Crippen MR) is 86.5 cm³/mol. The van der Waals surface area contributed by atoms with Crippen molar-refractivity contribution in [2.24, 2.45) is 5.41 Å². The van der Waals surface area contributed by atoms with Crippen LogP contribution in [0.3, 0.4) is 0 Å². The van der Waals surface area contributed by atoms with Crippen molar-refractivity contribution in [1.29, 1.82) is 0 Å². The van der Waals surface area contributed by atoms with Crippen LogP contribution < -0.4 is 5.56 Å². The first-order valence-corrected chi connectivity index (χ1v) is 8.74. The van der Waals surface area contributed by atoms with Gasteiger partial charge in [-0.15, -0.1) is 11.3 Å². The Morgan fingerprint density at radius 1 is 1.45 bits per heavy atom. The predicted octanol–water partition coefficient (Wildman–Crippen LogP) is 2.07. The average Bonchev–Trinajstić information content (AvgIpc) is 3.06. The lowest BCUT2D eigenvalue weighted by Crippen LogP contribution is -2.43. The summed E-state index contributed by atoms with van der Waals surface area (Å²) < 4.78 is 7.27. The van der Waals surface area contributed by atoms with Gasteiger partial charge in [0.05, 0.1) is 12.3 Å². The van der Waals surface area contributed by atoms with Gasteiger partial charge in [0, 0.05) is 42.3 Å². The van der Waals surface area contributed by atoms with Crippen molar-refractivity contribution in [3.05, 3.63) is 33.2 Å². The Kier molecular flexibility index (Phi) is 3.55. The lowest BCUT2D eigenvalue weighted by atomic mass is 9.79. The highest BCUT2D eigenvalue weighted by Crippen LogP contribution is 2.37. The third-order valence-electron chi connectivity index (χ3n) is 4.85. The van der Waals surface area contributed by atoms with Gasteiger partial charge in [0.1, 0.15) is 0 Å². The van der Waals surface area contributed by atoms with E-state index in [0.29, 0.717) is 5.41 Å². The lowest BCUT2D eigenvalue weighted by Gasteiger charge is -2.39. The molecule has 0 N–H and O–H groups in total. The molecule has 1 atom stereocenters. The summed E-state index contributed by atoms with van der Waals surface area (Å²) in [6.45, 7) is 6.72. The average molecular weight is 319 g/mol. The van der Waals surface area contributed by atoms with Crippen LogP contribution >= 0.6 is 11.3 Å². The van der Waals surface area contributed by atoms with Gasteiger partial charge < -0.3 is 4.74 Å². The fraction of sp³-hybridized carbons (Fsp3) is 0.625. The SMILES string of the molecule is Cc1cn2c(=O)cc(CN3CCC[C@]4(CCOC4)C3)nc2s1. The van der Waals surface area contributed by atoms with Crippen LogP contribution in [0.15, 0.2) is 17.1 Å². The zero-order chi connectivity index (χ0) is 15.2. The number of nitrogens with zero attached hydrogens (tertiary/aromatic N) is 3. The van der Waals surface area contributed by atoms with Crippen LogP contribution in [0, 0.1) is 12.3 Å². The van der Waals surface area contributed by atoms with E-state index in [9.17, 15) is 4.79 Å². The summed E-state index contributed by atoms with van der Waals surface area (Å²) in [5.74, 6) is 0. The summed E-state index contributed by atoms with van der Waals surface area (Å²) >= 11 is 1.57. The summed E-state index contributed by atoms with van der Waals surface area (Å²) in [6, 6.07) is 1.69. The van der Waals surface area contributed by atoms with Gasteiger partial charge in [0.2, 0.25) is 0 Å². The molecule has 4 rings (SSSR count). The van der Waals surface area contributed by atoms with E-state index >= 15 is 0 Å². The molecule has 0 bridgehead atoms. The van der Waals surface area contributed by atoms with Gasteiger partial charge in [0.25, 0.3) is 5.56 Å². The molecule has 0 saturated carbocycles. The third kappa shape index (κ3) is 2.59. The van der Waals surface area contributed by atoms with Gasteiger partial charge in [-0.05, 0) is 32.7 Å². The molecule has 5 nitrogen and oxygen atoms in total. The number of rotatable bonds is 2. The van der Waals surface area contributed by atoms with E-state index in [4.69, 9.17) is 4.74 Å². The Bertz CT molecular complexity index is 745. The smallest absolute Gasteiger partial charge is 0.258 e. The highest BCUT2D eigenvalue weighted by Gasteiger charge is 2.38. The van der Waals surface area contributed by atoms with E-state index in [0.717, 1.165) is 48.4 Å². The van der Waals surface area contributed by atoms with Crippen LogP contribution in [-0.2, 0) is 11.3 Å².